The smallest absolute Gasteiger partial charge is 0.234 e. The van der Waals surface area contributed by atoms with E-state index in [1.165, 1.54) is 11.8 Å². The molecule has 2 heterocycles. The van der Waals surface area contributed by atoms with E-state index in [1.54, 1.807) is 12.4 Å². The van der Waals surface area contributed by atoms with Gasteiger partial charge >= 0.3 is 0 Å². The molecule has 7 heteroatoms. The monoisotopic (exact) mass is 443 g/mol. The molecule has 0 atom stereocenters. The molecule has 0 bridgehead atoms. The third-order valence-electron chi connectivity index (χ3n) is 5.18. The number of hydrogen-bond donors (Lipinski definition) is 1. The largest absolute Gasteiger partial charge is 0.325 e. The number of aryl methyl sites for hydroxylation is 2. The summed E-state index contributed by atoms with van der Waals surface area (Å²) in [7, 11) is 0. The van der Waals surface area contributed by atoms with Gasteiger partial charge in [0.05, 0.1) is 12.3 Å². The lowest BCUT2D eigenvalue weighted by atomic mass is 10.1. The Labute approximate surface area is 192 Å². The number of thioether (sulfide) groups is 1. The number of nitrogens with zero attached hydrogens (tertiary/aromatic N) is 4. The average Bonchev–Trinajstić information content (AvgIpc) is 3.22. The van der Waals surface area contributed by atoms with Crippen molar-refractivity contribution in [2.24, 2.45) is 0 Å². The topological polar surface area (TPSA) is 72.7 Å². The molecule has 32 heavy (non-hydrogen) atoms. The van der Waals surface area contributed by atoms with Crippen LogP contribution in [0.3, 0.4) is 0 Å². The van der Waals surface area contributed by atoms with E-state index in [0.717, 1.165) is 40.2 Å². The highest BCUT2D eigenvalue weighted by atomic mass is 32.2. The van der Waals surface area contributed by atoms with Crippen molar-refractivity contribution in [3.05, 3.63) is 89.7 Å². The van der Waals surface area contributed by atoms with Gasteiger partial charge in [0.25, 0.3) is 0 Å². The number of nitrogens with one attached hydrogen (secondary N) is 1. The van der Waals surface area contributed by atoms with Crippen molar-refractivity contribution < 1.29 is 4.79 Å². The van der Waals surface area contributed by atoms with Crippen LogP contribution in [0.4, 0.5) is 5.69 Å². The van der Waals surface area contributed by atoms with Crippen LogP contribution >= 0.6 is 11.8 Å². The minimum absolute atomic E-state index is 0.0567. The second-order valence-electron chi connectivity index (χ2n) is 7.41. The van der Waals surface area contributed by atoms with Crippen LogP contribution in [-0.2, 0) is 17.8 Å². The van der Waals surface area contributed by atoms with E-state index in [1.807, 2.05) is 60.0 Å². The quantitative estimate of drug-likeness (QED) is 0.389. The summed E-state index contributed by atoms with van der Waals surface area (Å²) in [4.78, 5) is 16.9. The molecule has 0 aliphatic rings. The molecule has 0 spiro atoms. The van der Waals surface area contributed by atoms with Gasteiger partial charge in [0.15, 0.2) is 11.0 Å². The van der Waals surface area contributed by atoms with Crippen molar-refractivity contribution in [2.75, 3.05) is 11.1 Å². The number of amides is 1. The Morgan fingerprint density at radius 3 is 2.53 bits per heavy atom. The second-order valence-corrected chi connectivity index (χ2v) is 8.36. The maximum absolute atomic E-state index is 12.8. The molecule has 0 unspecified atom stereocenters. The number of pyridine rings is 1. The standard InChI is InChI=1S/C25H25N5OS/c1-3-20-11-7-8-18(2)23(20)27-22(31)17-32-25-29-28-24(21-12-14-26-15-13-21)30(25)16-19-9-5-4-6-10-19/h4-15H,3,16-17H2,1-2H3,(H,27,31). The summed E-state index contributed by atoms with van der Waals surface area (Å²) in [6.07, 6.45) is 4.35. The fourth-order valence-electron chi connectivity index (χ4n) is 3.53. The predicted octanol–water partition coefficient (Wildman–Crippen LogP) is 4.99. The molecular weight excluding hydrogens is 418 g/mol. The summed E-state index contributed by atoms with van der Waals surface area (Å²) in [6.45, 7) is 4.72. The van der Waals surface area contributed by atoms with Gasteiger partial charge in [-0.05, 0) is 42.2 Å². The number of anilines is 1. The van der Waals surface area contributed by atoms with Crippen LogP contribution in [0, 0.1) is 6.92 Å². The van der Waals surface area contributed by atoms with Gasteiger partial charge in [-0.3, -0.25) is 14.3 Å². The SMILES string of the molecule is CCc1cccc(C)c1NC(=O)CSc1nnc(-c2ccncc2)n1Cc1ccccc1. The molecule has 6 nitrogen and oxygen atoms in total. The molecule has 162 valence electrons. The Morgan fingerprint density at radius 2 is 1.78 bits per heavy atom. The molecule has 4 rings (SSSR count). The lowest BCUT2D eigenvalue weighted by molar-refractivity contribution is -0.113. The molecule has 2 aromatic carbocycles. The Balaban J connectivity index is 1.55. The van der Waals surface area contributed by atoms with Crippen LogP contribution in [-0.4, -0.2) is 31.4 Å². The highest BCUT2D eigenvalue weighted by molar-refractivity contribution is 7.99. The van der Waals surface area contributed by atoms with Gasteiger partial charge in [-0.2, -0.15) is 0 Å². The van der Waals surface area contributed by atoms with Gasteiger partial charge < -0.3 is 5.32 Å². The summed E-state index contributed by atoms with van der Waals surface area (Å²) in [6, 6.07) is 20.1. The second kappa shape index (κ2) is 10.2. The first-order chi connectivity index (χ1) is 15.7. The Morgan fingerprint density at radius 1 is 1.00 bits per heavy atom. The molecule has 0 aliphatic carbocycles. The fourth-order valence-corrected chi connectivity index (χ4v) is 4.26. The molecule has 4 aromatic rings. The van der Waals surface area contributed by atoms with Crippen molar-refractivity contribution in [3.8, 4) is 11.4 Å². The predicted molar refractivity (Wildman–Crippen MR) is 129 cm³/mol. The highest BCUT2D eigenvalue weighted by Gasteiger charge is 2.17. The van der Waals surface area contributed by atoms with Crippen LogP contribution in [0.25, 0.3) is 11.4 Å². The van der Waals surface area contributed by atoms with Gasteiger partial charge in [-0.1, -0.05) is 67.2 Å². The minimum atomic E-state index is -0.0567. The van der Waals surface area contributed by atoms with Crippen molar-refractivity contribution in [1.82, 2.24) is 19.7 Å². The molecule has 2 aromatic heterocycles. The van der Waals surface area contributed by atoms with Gasteiger partial charge in [0.1, 0.15) is 0 Å². The molecule has 0 saturated carbocycles. The van der Waals surface area contributed by atoms with E-state index in [2.05, 4.69) is 39.6 Å². The number of para-hydroxylation sites is 1. The van der Waals surface area contributed by atoms with Crippen molar-refractivity contribution in [2.45, 2.75) is 32.0 Å². The Hall–Kier alpha value is -3.45. The third kappa shape index (κ3) is 5.06. The van der Waals surface area contributed by atoms with Gasteiger partial charge in [-0.15, -0.1) is 10.2 Å². The number of rotatable bonds is 8. The van der Waals surface area contributed by atoms with E-state index in [4.69, 9.17) is 0 Å². The van der Waals surface area contributed by atoms with E-state index in [9.17, 15) is 4.79 Å². The van der Waals surface area contributed by atoms with Crippen LogP contribution < -0.4 is 5.32 Å². The van der Waals surface area contributed by atoms with Crippen LogP contribution in [0.1, 0.15) is 23.6 Å². The van der Waals surface area contributed by atoms with Gasteiger partial charge in [-0.25, -0.2) is 0 Å². The van der Waals surface area contributed by atoms with Crippen molar-refractivity contribution >= 4 is 23.4 Å². The van der Waals surface area contributed by atoms with Crippen molar-refractivity contribution in [3.63, 3.8) is 0 Å². The molecule has 1 N–H and O–H groups in total. The summed E-state index contributed by atoms with van der Waals surface area (Å²) in [5, 5.41) is 12.6. The highest BCUT2D eigenvalue weighted by Crippen LogP contribution is 2.26. The number of carbonyl (C=O) groups is 1. The first-order valence-corrected chi connectivity index (χ1v) is 11.5. The Bertz CT molecular complexity index is 1190. The Kier molecular flexibility index (Phi) is 6.97. The summed E-state index contributed by atoms with van der Waals surface area (Å²) >= 11 is 1.39. The number of hydrogen-bond acceptors (Lipinski definition) is 5. The van der Waals surface area contributed by atoms with Crippen LogP contribution in [0.15, 0.2) is 78.2 Å². The lowest BCUT2D eigenvalue weighted by Gasteiger charge is -2.13. The zero-order valence-corrected chi connectivity index (χ0v) is 19.0. The minimum Gasteiger partial charge on any atom is -0.325 e. The van der Waals surface area contributed by atoms with E-state index >= 15 is 0 Å². The normalized spacial score (nSPS) is 10.8. The maximum Gasteiger partial charge on any atom is 0.234 e. The molecule has 0 saturated heterocycles. The average molecular weight is 444 g/mol. The van der Waals surface area contributed by atoms with Gasteiger partial charge in [0.2, 0.25) is 5.91 Å². The van der Waals surface area contributed by atoms with Crippen LogP contribution in [0.2, 0.25) is 0 Å². The van der Waals surface area contributed by atoms with E-state index in [0.29, 0.717) is 11.7 Å². The third-order valence-corrected chi connectivity index (χ3v) is 6.14. The number of benzene rings is 2. The zero-order chi connectivity index (χ0) is 22.3. The molecule has 0 aliphatic heterocycles. The molecule has 0 fully saturated rings. The van der Waals surface area contributed by atoms with Gasteiger partial charge in [0, 0.05) is 23.6 Å². The lowest BCUT2D eigenvalue weighted by Crippen LogP contribution is -2.17. The van der Waals surface area contributed by atoms with Crippen molar-refractivity contribution in [1.29, 1.82) is 0 Å². The molecule has 0 radical (unpaired) electrons. The summed E-state index contributed by atoms with van der Waals surface area (Å²) < 4.78 is 2.05. The number of aromatic nitrogens is 4. The van der Waals surface area contributed by atoms with Crippen LogP contribution in [0.5, 0.6) is 0 Å². The van der Waals surface area contributed by atoms with E-state index in [-0.39, 0.29) is 11.7 Å². The first kappa shape index (κ1) is 21.8. The van der Waals surface area contributed by atoms with E-state index < -0.39 is 0 Å². The maximum atomic E-state index is 12.8. The fraction of sp³-hybridized carbons (Fsp3) is 0.200. The summed E-state index contributed by atoms with van der Waals surface area (Å²) in [5.41, 5.74) is 5.18. The number of carbonyl (C=O) groups excluding carboxylic acids is 1. The molecular formula is C25H25N5OS. The molecule has 1 amide bonds. The summed E-state index contributed by atoms with van der Waals surface area (Å²) in [5.74, 6) is 0.950. The zero-order valence-electron chi connectivity index (χ0n) is 18.2. The first-order valence-electron chi connectivity index (χ1n) is 10.5.